The predicted molar refractivity (Wildman–Crippen MR) is 95.7 cm³/mol. The summed E-state index contributed by atoms with van der Waals surface area (Å²) in [6.07, 6.45) is -0.161. The van der Waals surface area contributed by atoms with Crippen LogP contribution < -0.4 is 20.3 Å². The van der Waals surface area contributed by atoms with Crippen molar-refractivity contribution in [2.75, 3.05) is 30.9 Å². The Hall–Kier alpha value is -3.14. The highest BCUT2D eigenvalue weighted by molar-refractivity contribution is 6.00. The molecule has 0 spiro atoms. The molecule has 3 rings (SSSR count). The summed E-state index contributed by atoms with van der Waals surface area (Å²) in [4.78, 5) is 29.6. The van der Waals surface area contributed by atoms with Gasteiger partial charge in [0.05, 0.1) is 5.69 Å². The molecular weight excluding hydrogens is 354 g/mol. The van der Waals surface area contributed by atoms with Crippen LogP contribution >= 0.6 is 0 Å². The fourth-order valence-electron chi connectivity index (χ4n) is 2.63. The van der Waals surface area contributed by atoms with Crippen LogP contribution in [0.25, 0.3) is 0 Å². The highest BCUT2D eigenvalue weighted by atomic mass is 16.5. The Kier molecular flexibility index (Phi) is 5.55. The van der Waals surface area contributed by atoms with Gasteiger partial charge in [-0.1, -0.05) is 5.16 Å². The molecule has 0 fully saturated rings. The topological polar surface area (TPSA) is 119 Å². The molecule has 10 heteroatoms. The van der Waals surface area contributed by atoms with Crippen LogP contribution in [0.1, 0.15) is 18.6 Å². The maximum atomic E-state index is 12.0. The highest BCUT2D eigenvalue weighted by Crippen LogP contribution is 2.35. The molecule has 1 unspecified atom stereocenters. The average molecular weight is 375 g/mol. The van der Waals surface area contributed by atoms with Gasteiger partial charge in [0.1, 0.15) is 12.4 Å². The highest BCUT2D eigenvalue weighted by Gasteiger charge is 2.28. The summed E-state index contributed by atoms with van der Waals surface area (Å²) in [5.41, 5.74) is 1.22. The van der Waals surface area contributed by atoms with Crippen molar-refractivity contribution in [3.8, 4) is 5.75 Å². The number of ether oxygens (including phenoxy) is 2. The zero-order valence-electron chi connectivity index (χ0n) is 15.3. The summed E-state index contributed by atoms with van der Waals surface area (Å²) in [6.45, 7) is 2.29. The molecule has 0 bridgehead atoms. The number of amides is 3. The maximum absolute atomic E-state index is 12.0. The number of likely N-dealkylation sites (N-methyl/N-ethyl adjacent to an activating group) is 1. The molecular formula is C17H21N5O5. The second-order valence-electron chi connectivity index (χ2n) is 6.01. The molecule has 2 N–H and O–H groups in total. The summed E-state index contributed by atoms with van der Waals surface area (Å²) in [5, 5.41) is 9.18. The first-order chi connectivity index (χ1) is 13.0. The number of hydrogen-bond donors (Lipinski definition) is 2. The van der Waals surface area contributed by atoms with E-state index in [0.717, 1.165) is 0 Å². The van der Waals surface area contributed by atoms with Gasteiger partial charge in [-0.25, -0.2) is 4.79 Å². The van der Waals surface area contributed by atoms with Crippen LogP contribution in [0.4, 0.5) is 16.2 Å². The molecule has 144 valence electrons. The van der Waals surface area contributed by atoms with Crippen LogP contribution in [0.2, 0.25) is 0 Å². The van der Waals surface area contributed by atoms with E-state index in [4.69, 9.17) is 14.0 Å². The third kappa shape index (κ3) is 4.34. The fraction of sp³-hybridized carbons (Fsp3) is 0.412. The van der Waals surface area contributed by atoms with E-state index in [1.165, 1.54) is 4.90 Å². The molecule has 27 heavy (non-hydrogen) atoms. The van der Waals surface area contributed by atoms with Gasteiger partial charge in [-0.15, -0.1) is 0 Å². The van der Waals surface area contributed by atoms with E-state index in [2.05, 4.69) is 20.8 Å². The lowest BCUT2D eigenvalue weighted by Crippen LogP contribution is -2.42. The Morgan fingerprint density at radius 2 is 2.22 bits per heavy atom. The lowest BCUT2D eigenvalue weighted by molar-refractivity contribution is -0.125. The number of fused-ring (bicyclic) bond motifs is 1. The van der Waals surface area contributed by atoms with E-state index in [9.17, 15) is 9.59 Å². The van der Waals surface area contributed by atoms with Crippen LogP contribution in [0, 0.1) is 0 Å². The molecule has 0 aliphatic carbocycles. The molecule has 2 aromatic rings. The van der Waals surface area contributed by atoms with Crippen molar-refractivity contribution in [2.24, 2.45) is 0 Å². The van der Waals surface area contributed by atoms with Gasteiger partial charge in [0.2, 0.25) is 5.89 Å². The minimum atomic E-state index is -0.566. The number of rotatable bonds is 6. The molecule has 3 amide bonds. The van der Waals surface area contributed by atoms with E-state index in [0.29, 0.717) is 41.8 Å². The monoisotopic (exact) mass is 375 g/mol. The average Bonchev–Trinajstić information content (AvgIpc) is 3.07. The number of hydrogen-bond acceptors (Lipinski definition) is 7. The molecule has 1 aromatic heterocycles. The standard InChI is InChI=1S/C17H21N5O5/c1-10-16(23)22(2)12-5-4-11(8-13(12)26-10)19-17(24)18-7-6-15-20-14(9-25-3)21-27-15/h4-5,8,10H,6-7,9H2,1-3H3,(H2,18,19,24). The summed E-state index contributed by atoms with van der Waals surface area (Å²) < 4.78 is 15.6. The van der Waals surface area contributed by atoms with Crippen molar-refractivity contribution in [3.05, 3.63) is 29.9 Å². The quantitative estimate of drug-likeness (QED) is 0.781. The molecule has 1 aliphatic heterocycles. The Balaban J connectivity index is 1.52. The number of urea groups is 1. The second kappa shape index (κ2) is 8.04. The summed E-state index contributed by atoms with van der Waals surface area (Å²) >= 11 is 0. The third-order valence-electron chi connectivity index (χ3n) is 3.97. The molecule has 2 heterocycles. The first-order valence-electron chi connectivity index (χ1n) is 8.41. The Bertz CT molecular complexity index is 837. The van der Waals surface area contributed by atoms with Crippen LogP contribution in [0.5, 0.6) is 5.75 Å². The van der Waals surface area contributed by atoms with E-state index in [1.54, 1.807) is 39.3 Å². The fourth-order valence-corrected chi connectivity index (χ4v) is 2.63. The molecule has 0 saturated heterocycles. The van der Waals surface area contributed by atoms with Gasteiger partial charge in [0.25, 0.3) is 5.91 Å². The van der Waals surface area contributed by atoms with Gasteiger partial charge in [0.15, 0.2) is 11.9 Å². The van der Waals surface area contributed by atoms with E-state index >= 15 is 0 Å². The van der Waals surface area contributed by atoms with Gasteiger partial charge in [-0.2, -0.15) is 4.98 Å². The van der Waals surface area contributed by atoms with Crippen molar-refractivity contribution >= 4 is 23.3 Å². The van der Waals surface area contributed by atoms with E-state index in [1.807, 2.05) is 0 Å². The largest absolute Gasteiger partial charge is 0.479 e. The Morgan fingerprint density at radius 3 is 3.00 bits per heavy atom. The number of benzene rings is 1. The molecule has 1 aliphatic rings. The number of carbonyl (C=O) groups is 2. The second-order valence-corrected chi connectivity index (χ2v) is 6.01. The van der Waals surface area contributed by atoms with Crippen molar-refractivity contribution in [2.45, 2.75) is 26.1 Å². The van der Waals surface area contributed by atoms with Crippen LogP contribution in [0.3, 0.4) is 0 Å². The number of aromatic nitrogens is 2. The lowest BCUT2D eigenvalue weighted by Gasteiger charge is -2.30. The first-order valence-corrected chi connectivity index (χ1v) is 8.41. The molecule has 10 nitrogen and oxygen atoms in total. The maximum Gasteiger partial charge on any atom is 0.319 e. The summed E-state index contributed by atoms with van der Waals surface area (Å²) in [5.74, 6) is 1.31. The molecule has 1 atom stereocenters. The Morgan fingerprint density at radius 1 is 1.41 bits per heavy atom. The molecule has 1 aromatic carbocycles. The number of carbonyl (C=O) groups excluding carboxylic acids is 2. The van der Waals surface area contributed by atoms with Crippen LogP contribution in [-0.2, 0) is 22.6 Å². The smallest absolute Gasteiger partial charge is 0.319 e. The zero-order chi connectivity index (χ0) is 19.4. The van der Waals surface area contributed by atoms with Gasteiger partial charge in [-0.3, -0.25) is 4.79 Å². The number of methoxy groups -OCH3 is 1. The molecule has 0 saturated carbocycles. The normalized spacial score (nSPS) is 15.9. The van der Waals surface area contributed by atoms with Gasteiger partial charge >= 0.3 is 6.03 Å². The van der Waals surface area contributed by atoms with Crippen LogP contribution in [0.15, 0.2) is 22.7 Å². The third-order valence-corrected chi connectivity index (χ3v) is 3.97. The number of nitrogens with one attached hydrogen (secondary N) is 2. The lowest BCUT2D eigenvalue weighted by atomic mass is 10.2. The SMILES string of the molecule is COCc1noc(CCNC(=O)Nc2ccc3c(c2)OC(C)C(=O)N3C)n1. The van der Waals surface area contributed by atoms with Crippen molar-refractivity contribution in [1.82, 2.24) is 15.5 Å². The van der Waals surface area contributed by atoms with E-state index < -0.39 is 6.10 Å². The van der Waals surface area contributed by atoms with Crippen molar-refractivity contribution in [1.29, 1.82) is 0 Å². The first kappa shape index (κ1) is 18.6. The van der Waals surface area contributed by atoms with Gasteiger partial charge in [-0.05, 0) is 19.1 Å². The minimum absolute atomic E-state index is 0.115. The number of anilines is 2. The zero-order valence-corrected chi connectivity index (χ0v) is 15.3. The molecule has 0 radical (unpaired) electrons. The van der Waals surface area contributed by atoms with Crippen molar-refractivity contribution in [3.63, 3.8) is 0 Å². The predicted octanol–water partition coefficient (Wildman–Crippen LogP) is 1.32. The summed E-state index contributed by atoms with van der Waals surface area (Å²) in [6, 6.07) is 4.74. The summed E-state index contributed by atoms with van der Waals surface area (Å²) in [7, 11) is 3.24. The van der Waals surface area contributed by atoms with Gasteiger partial charge in [0, 0.05) is 38.9 Å². The van der Waals surface area contributed by atoms with Crippen LogP contribution in [-0.4, -0.2) is 48.9 Å². The Labute approximate surface area is 155 Å². The van der Waals surface area contributed by atoms with Crippen molar-refractivity contribution < 1.29 is 23.6 Å². The minimum Gasteiger partial charge on any atom is -0.479 e. The van der Waals surface area contributed by atoms with E-state index in [-0.39, 0.29) is 18.5 Å². The number of nitrogens with zero attached hydrogens (tertiary/aromatic N) is 3. The van der Waals surface area contributed by atoms with Gasteiger partial charge < -0.3 is 29.5 Å².